The lowest BCUT2D eigenvalue weighted by molar-refractivity contribution is -0.115. The van der Waals surface area contributed by atoms with E-state index in [4.69, 9.17) is 0 Å². The molecule has 0 saturated carbocycles. The Bertz CT molecular complexity index is 956. The van der Waals surface area contributed by atoms with Crippen LogP contribution in [0, 0.1) is 20.8 Å². The van der Waals surface area contributed by atoms with Crippen LogP contribution in [0.3, 0.4) is 0 Å². The highest BCUT2D eigenvalue weighted by Gasteiger charge is 2.19. The molecule has 130 valence electrons. The van der Waals surface area contributed by atoms with E-state index in [1.807, 2.05) is 52.0 Å². The minimum absolute atomic E-state index is 0.103. The Kier molecular flexibility index (Phi) is 5.10. The predicted molar refractivity (Wildman–Crippen MR) is 103 cm³/mol. The van der Waals surface area contributed by atoms with Crippen LogP contribution >= 0.6 is 27.7 Å². The normalized spacial score (nSPS) is 12.4. The maximum Gasteiger partial charge on any atom is 0.253 e. The second-order valence-electron chi connectivity index (χ2n) is 5.88. The molecule has 0 radical (unpaired) electrons. The van der Waals surface area contributed by atoms with Crippen LogP contribution < -0.4 is 5.32 Å². The Balaban J connectivity index is 1.74. The summed E-state index contributed by atoms with van der Waals surface area (Å²) >= 11 is 4.78. The zero-order valence-electron chi connectivity index (χ0n) is 14.4. The largest absolute Gasteiger partial charge is 0.324 e. The van der Waals surface area contributed by atoms with Gasteiger partial charge in [-0.05, 0) is 67.4 Å². The van der Waals surface area contributed by atoms with Crippen molar-refractivity contribution in [2.24, 2.45) is 0 Å². The SMILES string of the molecule is Cc1ccc(NC(=O)C(C)Sc2nc3nc(C)cc(C)n3n2)c(Br)c1. The van der Waals surface area contributed by atoms with E-state index in [0.717, 1.165) is 27.1 Å². The average Bonchev–Trinajstić information content (AvgIpc) is 2.92. The summed E-state index contributed by atoms with van der Waals surface area (Å²) in [5, 5.41) is 7.55. The number of fused-ring (bicyclic) bond motifs is 1. The maximum atomic E-state index is 12.5. The summed E-state index contributed by atoms with van der Waals surface area (Å²) in [6.07, 6.45) is 0. The Morgan fingerprint density at radius 3 is 2.72 bits per heavy atom. The Morgan fingerprint density at radius 1 is 1.24 bits per heavy atom. The van der Waals surface area contributed by atoms with Crippen molar-refractivity contribution >= 4 is 45.1 Å². The molecule has 0 saturated heterocycles. The van der Waals surface area contributed by atoms with Crippen molar-refractivity contribution < 1.29 is 4.79 Å². The van der Waals surface area contributed by atoms with Gasteiger partial charge >= 0.3 is 0 Å². The molecule has 3 rings (SSSR count). The first-order chi connectivity index (χ1) is 11.8. The Hall–Kier alpha value is -1.93. The fraction of sp³-hybridized carbons (Fsp3) is 0.294. The summed E-state index contributed by atoms with van der Waals surface area (Å²) in [5.41, 5.74) is 3.73. The average molecular weight is 420 g/mol. The smallest absolute Gasteiger partial charge is 0.253 e. The highest BCUT2D eigenvalue weighted by atomic mass is 79.9. The van der Waals surface area contributed by atoms with E-state index < -0.39 is 0 Å². The quantitative estimate of drug-likeness (QED) is 0.648. The molecule has 1 aromatic carbocycles. The third-order valence-electron chi connectivity index (χ3n) is 3.63. The van der Waals surface area contributed by atoms with E-state index in [0.29, 0.717) is 10.9 Å². The summed E-state index contributed by atoms with van der Waals surface area (Å²) in [5.74, 6) is 0.447. The van der Waals surface area contributed by atoms with Gasteiger partial charge in [-0.25, -0.2) is 9.50 Å². The van der Waals surface area contributed by atoms with E-state index in [-0.39, 0.29) is 11.2 Å². The summed E-state index contributed by atoms with van der Waals surface area (Å²) in [4.78, 5) is 21.2. The number of carbonyl (C=O) groups excluding carboxylic acids is 1. The highest BCUT2D eigenvalue weighted by molar-refractivity contribution is 9.10. The second kappa shape index (κ2) is 7.13. The van der Waals surface area contributed by atoms with Gasteiger partial charge in [-0.15, -0.1) is 5.10 Å². The van der Waals surface area contributed by atoms with Gasteiger partial charge in [0.25, 0.3) is 5.78 Å². The third kappa shape index (κ3) is 4.01. The van der Waals surface area contributed by atoms with Crippen molar-refractivity contribution in [2.45, 2.75) is 38.1 Å². The lowest BCUT2D eigenvalue weighted by atomic mass is 10.2. The lowest BCUT2D eigenvalue weighted by Gasteiger charge is -2.11. The molecule has 1 amide bonds. The van der Waals surface area contributed by atoms with E-state index in [1.165, 1.54) is 11.8 Å². The number of halogens is 1. The number of rotatable bonds is 4. The molecular weight excluding hydrogens is 402 g/mol. The number of aromatic nitrogens is 4. The first-order valence-electron chi connectivity index (χ1n) is 7.78. The van der Waals surface area contributed by atoms with Crippen LogP contribution in [-0.4, -0.2) is 30.7 Å². The molecular formula is C17H18BrN5OS. The molecule has 6 nitrogen and oxygen atoms in total. The molecule has 2 aromatic heterocycles. The zero-order chi connectivity index (χ0) is 18.1. The molecule has 8 heteroatoms. The van der Waals surface area contributed by atoms with Gasteiger partial charge in [0.1, 0.15) is 0 Å². The van der Waals surface area contributed by atoms with Gasteiger partial charge in [0.15, 0.2) is 0 Å². The molecule has 2 heterocycles. The molecule has 0 aliphatic heterocycles. The van der Waals surface area contributed by atoms with Crippen molar-refractivity contribution in [2.75, 3.05) is 5.32 Å². The lowest BCUT2D eigenvalue weighted by Crippen LogP contribution is -2.22. The Labute approximate surface area is 158 Å². The topological polar surface area (TPSA) is 72.2 Å². The van der Waals surface area contributed by atoms with Crippen molar-refractivity contribution in [3.8, 4) is 0 Å². The maximum absolute atomic E-state index is 12.5. The molecule has 0 aliphatic rings. The first kappa shape index (κ1) is 17.9. The zero-order valence-corrected chi connectivity index (χ0v) is 16.8. The van der Waals surface area contributed by atoms with Crippen LogP contribution in [0.1, 0.15) is 23.9 Å². The molecule has 0 fully saturated rings. The standard InChI is InChI=1S/C17H18BrN5OS/c1-9-5-6-14(13(18)7-9)20-15(24)12(4)25-17-21-16-19-10(2)8-11(3)23(16)22-17/h5-8,12H,1-4H3,(H,20,24). The summed E-state index contributed by atoms with van der Waals surface area (Å²) in [6.45, 7) is 7.71. The van der Waals surface area contributed by atoms with Crippen molar-refractivity contribution in [3.05, 3.63) is 45.7 Å². The number of benzene rings is 1. The number of nitrogens with zero attached hydrogens (tertiary/aromatic N) is 4. The van der Waals surface area contributed by atoms with Gasteiger partial charge in [0.2, 0.25) is 11.1 Å². The van der Waals surface area contributed by atoms with E-state index in [9.17, 15) is 4.79 Å². The number of hydrogen-bond acceptors (Lipinski definition) is 5. The Morgan fingerprint density at radius 2 is 2.00 bits per heavy atom. The van der Waals surface area contributed by atoms with Crippen molar-refractivity contribution in [1.82, 2.24) is 19.6 Å². The molecule has 3 aromatic rings. The van der Waals surface area contributed by atoms with Gasteiger partial charge < -0.3 is 5.32 Å². The van der Waals surface area contributed by atoms with E-state index in [2.05, 4.69) is 36.3 Å². The number of amides is 1. The number of anilines is 1. The van der Waals surface area contributed by atoms with Crippen LogP contribution in [-0.2, 0) is 4.79 Å². The predicted octanol–water partition coefficient (Wildman–Crippen LogP) is 3.93. The van der Waals surface area contributed by atoms with Gasteiger partial charge in [-0.1, -0.05) is 17.8 Å². The number of nitrogens with one attached hydrogen (secondary N) is 1. The van der Waals surface area contributed by atoms with Crippen LogP contribution in [0.5, 0.6) is 0 Å². The van der Waals surface area contributed by atoms with Crippen LogP contribution in [0.25, 0.3) is 5.78 Å². The highest BCUT2D eigenvalue weighted by Crippen LogP contribution is 2.26. The molecule has 0 aliphatic carbocycles. The third-order valence-corrected chi connectivity index (χ3v) is 5.24. The first-order valence-corrected chi connectivity index (χ1v) is 9.45. The number of thioether (sulfide) groups is 1. The molecule has 0 spiro atoms. The van der Waals surface area contributed by atoms with Gasteiger partial charge in [0, 0.05) is 15.9 Å². The van der Waals surface area contributed by atoms with Crippen LogP contribution in [0.4, 0.5) is 5.69 Å². The summed E-state index contributed by atoms with van der Waals surface area (Å²) in [6, 6.07) is 7.75. The molecule has 25 heavy (non-hydrogen) atoms. The summed E-state index contributed by atoms with van der Waals surface area (Å²) in [7, 11) is 0. The van der Waals surface area contributed by atoms with Gasteiger partial charge in [-0.2, -0.15) is 4.98 Å². The fourth-order valence-electron chi connectivity index (χ4n) is 2.37. The molecule has 1 atom stereocenters. The van der Waals surface area contributed by atoms with Crippen LogP contribution in [0.15, 0.2) is 33.9 Å². The number of hydrogen-bond donors (Lipinski definition) is 1. The second-order valence-corrected chi connectivity index (χ2v) is 8.04. The minimum Gasteiger partial charge on any atom is -0.324 e. The summed E-state index contributed by atoms with van der Waals surface area (Å²) < 4.78 is 2.55. The minimum atomic E-state index is -0.341. The van der Waals surface area contributed by atoms with E-state index in [1.54, 1.807) is 4.52 Å². The number of carbonyl (C=O) groups is 1. The van der Waals surface area contributed by atoms with Crippen LogP contribution in [0.2, 0.25) is 0 Å². The van der Waals surface area contributed by atoms with Gasteiger partial charge in [-0.3, -0.25) is 4.79 Å². The van der Waals surface area contributed by atoms with Crippen molar-refractivity contribution in [3.63, 3.8) is 0 Å². The fourth-order valence-corrected chi connectivity index (χ4v) is 3.70. The molecule has 0 bridgehead atoms. The monoisotopic (exact) mass is 419 g/mol. The molecule has 1 N–H and O–H groups in total. The van der Waals surface area contributed by atoms with E-state index >= 15 is 0 Å². The number of aryl methyl sites for hydroxylation is 3. The molecule has 1 unspecified atom stereocenters. The van der Waals surface area contributed by atoms with Crippen molar-refractivity contribution in [1.29, 1.82) is 0 Å². The van der Waals surface area contributed by atoms with Gasteiger partial charge in [0.05, 0.1) is 10.9 Å².